The van der Waals surface area contributed by atoms with Gasteiger partial charge < -0.3 is 14.9 Å². The van der Waals surface area contributed by atoms with E-state index in [-0.39, 0.29) is 12.8 Å². The van der Waals surface area contributed by atoms with E-state index in [1.54, 1.807) is 36.4 Å². The summed E-state index contributed by atoms with van der Waals surface area (Å²) < 4.78 is 5.68. The second-order valence-electron chi connectivity index (χ2n) is 4.88. The van der Waals surface area contributed by atoms with E-state index in [2.05, 4.69) is 0 Å². The quantitative estimate of drug-likeness (QED) is 0.817. The van der Waals surface area contributed by atoms with Gasteiger partial charge in [-0.15, -0.1) is 0 Å². The number of ether oxygens (including phenoxy) is 1. The lowest BCUT2D eigenvalue weighted by Crippen LogP contribution is -2.11. The molecule has 0 atom stereocenters. The fourth-order valence-corrected chi connectivity index (χ4v) is 2.19. The number of carboxylic acids is 2. The van der Waals surface area contributed by atoms with Gasteiger partial charge in [0.25, 0.3) is 0 Å². The number of para-hydroxylation sites is 1. The standard InChI is InChI=1S/C17H16O5/c18-16(19)10-13(11-17(20)21)12-5-4-8-15(9-12)22-14-6-2-1-3-7-14/h1-9,13H,10-11H2,(H,18,19)(H,20,21). The highest BCUT2D eigenvalue weighted by molar-refractivity contribution is 5.72. The van der Waals surface area contributed by atoms with Crippen molar-refractivity contribution in [2.24, 2.45) is 0 Å². The summed E-state index contributed by atoms with van der Waals surface area (Å²) >= 11 is 0. The molecule has 0 unspecified atom stereocenters. The zero-order valence-electron chi connectivity index (χ0n) is 11.8. The molecule has 0 aliphatic heterocycles. The molecule has 5 nitrogen and oxygen atoms in total. The van der Waals surface area contributed by atoms with E-state index in [1.165, 1.54) is 0 Å². The molecule has 22 heavy (non-hydrogen) atoms. The maximum Gasteiger partial charge on any atom is 0.303 e. The molecule has 0 amide bonds. The van der Waals surface area contributed by atoms with Crippen LogP contribution in [-0.4, -0.2) is 22.2 Å². The molecule has 2 rings (SSSR count). The number of benzene rings is 2. The van der Waals surface area contributed by atoms with Gasteiger partial charge in [-0.25, -0.2) is 0 Å². The zero-order valence-corrected chi connectivity index (χ0v) is 11.8. The molecule has 0 bridgehead atoms. The molecule has 0 spiro atoms. The number of aliphatic carboxylic acids is 2. The molecular formula is C17H16O5. The number of carboxylic acid groups (broad SMARTS) is 2. The van der Waals surface area contributed by atoms with E-state index < -0.39 is 17.9 Å². The van der Waals surface area contributed by atoms with Crippen LogP contribution < -0.4 is 4.74 Å². The molecule has 0 radical (unpaired) electrons. The van der Waals surface area contributed by atoms with Crippen molar-refractivity contribution in [2.75, 3.05) is 0 Å². The lowest BCUT2D eigenvalue weighted by molar-refractivity contribution is -0.139. The van der Waals surface area contributed by atoms with Crippen molar-refractivity contribution in [3.8, 4) is 11.5 Å². The third kappa shape index (κ3) is 4.63. The van der Waals surface area contributed by atoms with E-state index in [9.17, 15) is 9.59 Å². The van der Waals surface area contributed by atoms with Gasteiger partial charge in [0.1, 0.15) is 11.5 Å². The summed E-state index contributed by atoms with van der Waals surface area (Å²) in [5.41, 5.74) is 0.637. The van der Waals surface area contributed by atoms with Gasteiger partial charge in [-0.3, -0.25) is 9.59 Å². The van der Waals surface area contributed by atoms with Crippen molar-refractivity contribution >= 4 is 11.9 Å². The molecule has 0 aliphatic carbocycles. The molecule has 5 heteroatoms. The predicted molar refractivity (Wildman–Crippen MR) is 80.2 cm³/mol. The fourth-order valence-electron chi connectivity index (χ4n) is 2.19. The van der Waals surface area contributed by atoms with Gasteiger partial charge in [-0.2, -0.15) is 0 Å². The highest BCUT2D eigenvalue weighted by atomic mass is 16.5. The van der Waals surface area contributed by atoms with E-state index in [0.717, 1.165) is 0 Å². The Hall–Kier alpha value is -2.82. The monoisotopic (exact) mass is 300 g/mol. The first-order valence-electron chi connectivity index (χ1n) is 6.81. The van der Waals surface area contributed by atoms with Crippen LogP contribution in [0.2, 0.25) is 0 Å². The van der Waals surface area contributed by atoms with Crippen molar-refractivity contribution in [3.05, 3.63) is 60.2 Å². The number of hydrogen-bond acceptors (Lipinski definition) is 3. The number of hydrogen-bond donors (Lipinski definition) is 2. The van der Waals surface area contributed by atoms with E-state index in [1.807, 2.05) is 18.2 Å². The Bertz CT molecular complexity index is 635. The van der Waals surface area contributed by atoms with Gasteiger partial charge in [-0.1, -0.05) is 30.3 Å². The van der Waals surface area contributed by atoms with Crippen molar-refractivity contribution < 1.29 is 24.5 Å². The Morgan fingerprint density at radius 3 is 2.05 bits per heavy atom. The van der Waals surface area contributed by atoms with E-state index in [4.69, 9.17) is 14.9 Å². The Labute approximate surface area is 127 Å². The molecule has 2 aromatic rings. The third-order valence-electron chi connectivity index (χ3n) is 3.15. The molecule has 0 aliphatic rings. The van der Waals surface area contributed by atoms with E-state index in [0.29, 0.717) is 17.1 Å². The van der Waals surface area contributed by atoms with Gasteiger partial charge in [0.15, 0.2) is 0 Å². The summed E-state index contributed by atoms with van der Waals surface area (Å²) in [6.07, 6.45) is -0.470. The normalized spacial score (nSPS) is 10.4. The van der Waals surface area contributed by atoms with Crippen LogP contribution in [0.1, 0.15) is 24.3 Å². The molecular weight excluding hydrogens is 284 g/mol. The van der Waals surface area contributed by atoms with Gasteiger partial charge in [0, 0.05) is 5.92 Å². The minimum atomic E-state index is -1.03. The summed E-state index contributed by atoms with van der Waals surface area (Å²) in [5, 5.41) is 17.9. The number of rotatable bonds is 7. The zero-order chi connectivity index (χ0) is 15.9. The van der Waals surface area contributed by atoms with E-state index >= 15 is 0 Å². The first kappa shape index (κ1) is 15.6. The van der Waals surface area contributed by atoms with Crippen molar-refractivity contribution in [2.45, 2.75) is 18.8 Å². The SMILES string of the molecule is O=C(O)CC(CC(=O)O)c1cccc(Oc2ccccc2)c1. The summed E-state index contributed by atoms with van der Waals surface area (Å²) in [7, 11) is 0. The highest BCUT2D eigenvalue weighted by Crippen LogP contribution is 2.29. The van der Waals surface area contributed by atoms with Crippen LogP contribution in [0.15, 0.2) is 54.6 Å². The predicted octanol–water partition coefficient (Wildman–Crippen LogP) is 3.51. The summed E-state index contributed by atoms with van der Waals surface area (Å²) in [4.78, 5) is 21.8. The molecule has 2 aromatic carbocycles. The van der Waals surface area contributed by atoms with Gasteiger partial charge >= 0.3 is 11.9 Å². The molecule has 114 valence electrons. The maximum absolute atomic E-state index is 10.9. The summed E-state index contributed by atoms with van der Waals surface area (Å²) in [6, 6.07) is 16.0. The van der Waals surface area contributed by atoms with Crippen LogP contribution in [0, 0.1) is 0 Å². The lowest BCUT2D eigenvalue weighted by atomic mass is 9.92. The first-order valence-corrected chi connectivity index (χ1v) is 6.81. The summed E-state index contributed by atoms with van der Waals surface area (Å²) in [6.45, 7) is 0. The van der Waals surface area contributed by atoms with Crippen LogP contribution in [0.3, 0.4) is 0 Å². The second kappa shape index (κ2) is 7.26. The molecule has 0 fully saturated rings. The Morgan fingerprint density at radius 2 is 1.45 bits per heavy atom. The van der Waals surface area contributed by atoms with Gasteiger partial charge in [-0.05, 0) is 29.8 Å². The Kier molecular flexibility index (Phi) is 5.14. The average Bonchev–Trinajstić information content (AvgIpc) is 2.47. The van der Waals surface area contributed by atoms with Crippen LogP contribution in [0.25, 0.3) is 0 Å². The maximum atomic E-state index is 10.9. The molecule has 2 N–H and O–H groups in total. The topological polar surface area (TPSA) is 83.8 Å². The molecule has 0 saturated heterocycles. The van der Waals surface area contributed by atoms with Crippen molar-refractivity contribution in [1.82, 2.24) is 0 Å². The van der Waals surface area contributed by atoms with Gasteiger partial charge in [0.2, 0.25) is 0 Å². The van der Waals surface area contributed by atoms with Crippen LogP contribution >= 0.6 is 0 Å². The second-order valence-corrected chi connectivity index (χ2v) is 4.88. The molecule has 0 aromatic heterocycles. The van der Waals surface area contributed by atoms with Crippen molar-refractivity contribution in [1.29, 1.82) is 0 Å². The van der Waals surface area contributed by atoms with Gasteiger partial charge in [0.05, 0.1) is 12.8 Å². The number of carbonyl (C=O) groups is 2. The largest absolute Gasteiger partial charge is 0.481 e. The van der Waals surface area contributed by atoms with Crippen LogP contribution in [0.4, 0.5) is 0 Å². The van der Waals surface area contributed by atoms with Crippen molar-refractivity contribution in [3.63, 3.8) is 0 Å². The highest BCUT2D eigenvalue weighted by Gasteiger charge is 2.19. The minimum Gasteiger partial charge on any atom is -0.481 e. The first-order chi connectivity index (χ1) is 10.5. The average molecular weight is 300 g/mol. The van der Waals surface area contributed by atoms with Crippen LogP contribution in [-0.2, 0) is 9.59 Å². The summed E-state index contributed by atoms with van der Waals surface area (Å²) in [5.74, 6) is -1.44. The molecule has 0 heterocycles. The third-order valence-corrected chi connectivity index (χ3v) is 3.15. The minimum absolute atomic E-state index is 0.235. The molecule has 0 saturated carbocycles. The lowest BCUT2D eigenvalue weighted by Gasteiger charge is -2.14. The Balaban J connectivity index is 2.20. The fraction of sp³-hybridized carbons (Fsp3) is 0.176. The smallest absolute Gasteiger partial charge is 0.303 e. The Morgan fingerprint density at radius 1 is 0.864 bits per heavy atom. The van der Waals surface area contributed by atoms with Crippen LogP contribution in [0.5, 0.6) is 11.5 Å².